The third-order valence-corrected chi connectivity index (χ3v) is 4.56. The number of carbonyl (C=O) groups is 1. The molecule has 1 aliphatic rings. The fraction of sp³-hybridized carbons (Fsp3) is 0.400. The van der Waals surface area contributed by atoms with Crippen LogP contribution in [0.15, 0.2) is 52.1 Å². The zero-order chi connectivity index (χ0) is 21.6. The number of benzene rings is 1. The number of piperazine rings is 1. The van der Waals surface area contributed by atoms with Crippen molar-refractivity contribution in [1.29, 1.82) is 0 Å². The molecule has 30 heavy (non-hydrogen) atoms. The Morgan fingerprint density at radius 2 is 1.90 bits per heavy atom. The summed E-state index contributed by atoms with van der Waals surface area (Å²) in [6.07, 6.45) is -2.91. The quantitative estimate of drug-likeness (QED) is 0.591. The van der Waals surface area contributed by atoms with Gasteiger partial charge in [-0.25, -0.2) is 0 Å². The van der Waals surface area contributed by atoms with Crippen LogP contribution in [0.1, 0.15) is 16.1 Å². The number of nitrogens with one attached hydrogen (secondary N) is 1. The van der Waals surface area contributed by atoms with Crippen molar-refractivity contribution in [3.8, 4) is 5.75 Å². The highest BCUT2D eigenvalue weighted by Gasteiger charge is 2.28. The SMILES string of the molecule is CN=C(NCc1cccc(OCC(F)(F)F)c1)N1CCN(C(=O)c2ccco2)CC1. The molecule has 1 saturated heterocycles. The summed E-state index contributed by atoms with van der Waals surface area (Å²) in [7, 11) is 1.66. The molecule has 0 aliphatic carbocycles. The Morgan fingerprint density at radius 3 is 2.53 bits per heavy atom. The van der Waals surface area contributed by atoms with Crippen LogP contribution in [0.2, 0.25) is 0 Å². The number of guanidine groups is 1. The van der Waals surface area contributed by atoms with Gasteiger partial charge in [0.1, 0.15) is 5.75 Å². The fourth-order valence-corrected chi connectivity index (χ4v) is 3.10. The van der Waals surface area contributed by atoms with Crippen LogP contribution in [0, 0.1) is 0 Å². The van der Waals surface area contributed by atoms with Crippen molar-refractivity contribution in [2.45, 2.75) is 12.7 Å². The molecule has 1 aromatic carbocycles. The molecule has 0 spiro atoms. The molecule has 1 aromatic heterocycles. The predicted molar refractivity (Wildman–Crippen MR) is 104 cm³/mol. The molecule has 2 heterocycles. The molecule has 2 aromatic rings. The molecule has 1 amide bonds. The van der Waals surface area contributed by atoms with E-state index < -0.39 is 12.8 Å². The monoisotopic (exact) mass is 424 g/mol. The maximum Gasteiger partial charge on any atom is 0.422 e. The van der Waals surface area contributed by atoms with Gasteiger partial charge in [-0.05, 0) is 29.8 Å². The van der Waals surface area contributed by atoms with Crippen LogP contribution in [0.5, 0.6) is 5.75 Å². The van der Waals surface area contributed by atoms with E-state index in [0.717, 1.165) is 5.56 Å². The first-order valence-corrected chi connectivity index (χ1v) is 9.42. The first-order chi connectivity index (χ1) is 14.4. The minimum absolute atomic E-state index is 0.140. The smallest absolute Gasteiger partial charge is 0.422 e. The van der Waals surface area contributed by atoms with Crippen LogP contribution >= 0.6 is 0 Å². The first-order valence-electron chi connectivity index (χ1n) is 9.42. The van der Waals surface area contributed by atoms with Gasteiger partial charge in [-0.1, -0.05) is 12.1 Å². The molecule has 1 N–H and O–H groups in total. The third-order valence-electron chi connectivity index (χ3n) is 4.56. The second kappa shape index (κ2) is 9.55. The van der Waals surface area contributed by atoms with E-state index in [2.05, 4.69) is 10.3 Å². The zero-order valence-electron chi connectivity index (χ0n) is 16.5. The highest BCUT2D eigenvalue weighted by Crippen LogP contribution is 2.19. The fourth-order valence-electron chi connectivity index (χ4n) is 3.10. The molecule has 3 rings (SSSR count). The van der Waals surface area contributed by atoms with Crippen LogP contribution in [0.4, 0.5) is 13.2 Å². The minimum Gasteiger partial charge on any atom is -0.484 e. The average molecular weight is 424 g/mol. The highest BCUT2D eigenvalue weighted by atomic mass is 19.4. The molecule has 10 heteroatoms. The molecule has 0 saturated carbocycles. The Kier molecular flexibility index (Phi) is 6.86. The van der Waals surface area contributed by atoms with Crippen molar-refractivity contribution in [3.05, 3.63) is 54.0 Å². The van der Waals surface area contributed by atoms with Gasteiger partial charge >= 0.3 is 6.18 Å². The number of furan rings is 1. The van der Waals surface area contributed by atoms with Crippen molar-refractivity contribution in [2.75, 3.05) is 39.8 Å². The second-order valence-corrected chi connectivity index (χ2v) is 6.71. The third kappa shape index (κ3) is 5.91. The number of amides is 1. The number of alkyl halides is 3. The molecule has 162 valence electrons. The van der Waals surface area contributed by atoms with Crippen LogP contribution in [0.25, 0.3) is 0 Å². The predicted octanol–water partition coefficient (Wildman–Crippen LogP) is 2.75. The standard InChI is InChI=1S/C20H23F3N4O3/c1-24-19(25-13-15-4-2-5-16(12-15)30-14-20(21,22)23)27-9-7-26(8-10-27)18(28)17-6-3-11-29-17/h2-6,11-12H,7-10,13-14H2,1H3,(H,24,25). The molecule has 0 bridgehead atoms. The number of nitrogens with zero attached hydrogens (tertiary/aromatic N) is 3. The lowest BCUT2D eigenvalue weighted by Gasteiger charge is -2.36. The molecule has 0 unspecified atom stereocenters. The molecule has 0 atom stereocenters. The van der Waals surface area contributed by atoms with E-state index >= 15 is 0 Å². The van der Waals surface area contributed by atoms with Gasteiger partial charge in [0.2, 0.25) is 0 Å². The van der Waals surface area contributed by atoms with Gasteiger partial charge in [-0.3, -0.25) is 9.79 Å². The van der Waals surface area contributed by atoms with Gasteiger partial charge in [0.15, 0.2) is 18.3 Å². The lowest BCUT2D eigenvalue weighted by atomic mass is 10.2. The van der Waals surface area contributed by atoms with Crippen molar-refractivity contribution in [2.24, 2.45) is 4.99 Å². The normalized spacial score (nSPS) is 15.3. The lowest BCUT2D eigenvalue weighted by Crippen LogP contribution is -2.53. The number of hydrogen-bond donors (Lipinski definition) is 1. The molecule has 1 fully saturated rings. The number of ether oxygens (including phenoxy) is 1. The Hall–Kier alpha value is -3.17. The Balaban J connectivity index is 1.50. The first kappa shape index (κ1) is 21.5. The Bertz CT molecular complexity index is 860. The summed E-state index contributed by atoms with van der Waals surface area (Å²) < 4.78 is 46.9. The van der Waals surface area contributed by atoms with Crippen LogP contribution in [-0.2, 0) is 6.54 Å². The van der Waals surface area contributed by atoms with E-state index in [4.69, 9.17) is 9.15 Å². The van der Waals surface area contributed by atoms with Crippen molar-refractivity contribution >= 4 is 11.9 Å². The zero-order valence-corrected chi connectivity index (χ0v) is 16.5. The average Bonchev–Trinajstić information content (AvgIpc) is 3.27. The van der Waals surface area contributed by atoms with Gasteiger partial charge in [0, 0.05) is 39.8 Å². The molecule has 1 aliphatic heterocycles. The summed E-state index contributed by atoms with van der Waals surface area (Å²) in [4.78, 5) is 20.4. The van der Waals surface area contributed by atoms with E-state index in [1.807, 2.05) is 4.90 Å². The molecule has 7 nitrogen and oxygen atoms in total. The van der Waals surface area contributed by atoms with Gasteiger partial charge in [-0.15, -0.1) is 0 Å². The number of hydrogen-bond acceptors (Lipinski definition) is 4. The maximum atomic E-state index is 12.4. The highest BCUT2D eigenvalue weighted by molar-refractivity contribution is 5.91. The van der Waals surface area contributed by atoms with E-state index in [0.29, 0.717) is 44.4 Å². The summed E-state index contributed by atoms with van der Waals surface area (Å²) >= 11 is 0. The molecular weight excluding hydrogens is 401 g/mol. The number of carbonyl (C=O) groups excluding carboxylic acids is 1. The largest absolute Gasteiger partial charge is 0.484 e. The number of halogens is 3. The van der Waals surface area contributed by atoms with Crippen molar-refractivity contribution in [3.63, 3.8) is 0 Å². The van der Waals surface area contributed by atoms with Gasteiger partial charge < -0.3 is 24.3 Å². The Morgan fingerprint density at radius 1 is 1.17 bits per heavy atom. The van der Waals surface area contributed by atoms with E-state index in [-0.39, 0.29) is 11.7 Å². The summed E-state index contributed by atoms with van der Waals surface area (Å²) in [6, 6.07) is 9.80. The minimum atomic E-state index is -4.38. The molecular formula is C20H23F3N4O3. The molecule has 0 radical (unpaired) electrons. The Labute approximate surface area is 172 Å². The van der Waals surface area contributed by atoms with Crippen molar-refractivity contribution < 1.29 is 27.1 Å². The number of aliphatic imine (C=N–C) groups is 1. The van der Waals surface area contributed by atoms with Crippen LogP contribution < -0.4 is 10.1 Å². The topological polar surface area (TPSA) is 70.3 Å². The lowest BCUT2D eigenvalue weighted by molar-refractivity contribution is -0.153. The number of rotatable bonds is 5. The van der Waals surface area contributed by atoms with E-state index in [1.54, 1.807) is 42.3 Å². The summed E-state index contributed by atoms with van der Waals surface area (Å²) in [5, 5.41) is 3.20. The second-order valence-electron chi connectivity index (χ2n) is 6.71. The van der Waals surface area contributed by atoms with Crippen LogP contribution in [-0.4, -0.2) is 67.7 Å². The van der Waals surface area contributed by atoms with E-state index in [1.165, 1.54) is 12.3 Å². The van der Waals surface area contributed by atoms with Gasteiger partial charge in [0.05, 0.1) is 6.26 Å². The van der Waals surface area contributed by atoms with Gasteiger partial charge in [-0.2, -0.15) is 13.2 Å². The summed E-state index contributed by atoms with van der Waals surface area (Å²) in [5.41, 5.74) is 0.766. The van der Waals surface area contributed by atoms with Crippen LogP contribution in [0.3, 0.4) is 0 Å². The van der Waals surface area contributed by atoms with Crippen molar-refractivity contribution in [1.82, 2.24) is 15.1 Å². The maximum absolute atomic E-state index is 12.4. The summed E-state index contributed by atoms with van der Waals surface area (Å²) in [6.45, 7) is 1.30. The van der Waals surface area contributed by atoms with E-state index in [9.17, 15) is 18.0 Å². The van der Waals surface area contributed by atoms with Gasteiger partial charge in [0.25, 0.3) is 5.91 Å². The summed E-state index contributed by atoms with van der Waals surface area (Å²) in [5.74, 6) is 0.991.